The zero-order valence-electron chi connectivity index (χ0n) is 8.46. The second-order valence-corrected chi connectivity index (χ2v) is 4.83. The van der Waals surface area contributed by atoms with Crippen LogP contribution in [-0.4, -0.2) is 15.1 Å². The van der Waals surface area contributed by atoms with Crippen molar-refractivity contribution in [3.8, 4) is 0 Å². The molecule has 1 N–H and O–H groups in total. The smallest absolute Gasteiger partial charge is 0.283 e. The van der Waals surface area contributed by atoms with E-state index in [9.17, 15) is 10.1 Å². The molecular formula is C9H7BrN4O2S. The van der Waals surface area contributed by atoms with Crippen LogP contribution in [-0.2, 0) is 6.54 Å². The third-order valence-electron chi connectivity index (χ3n) is 2.01. The number of nitrogens with one attached hydrogen (secondary N) is 1. The fraction of sp³-hybridized carbons (Fsp3) is 0.111. The van der Waals surface area contributed by atoms with Crippen molar-refractivity contribution in [3.05, 3.63) is 43.9 Å². The number of rotatable bonds is 4. The van der Waals surface area contributed by atoms with E-state index < -0.39 is 4.92 Å². The Kier molecular flexibility index (Phi) is 3.64. The molecule has 0 unspecified atom stereocenters. The fourth-order valence-corrected chi connectivity index (χ4v) is 2.07. The highest BCUT2D eigenvalue weighted by atomic mass is 79.9. The first-order chi connectivity index (χ1) is 8.16. The Morgan fingerprint density at radius 3 is 3.00 bits per heavy atom. The molecule has 0 saturated carbocycles. The third kappa shape index (κ3) is 2.98. The Bertz CT molecular complexity index is 532. The van der Waals surface area contributed by atoms with Gasteiger partial charge in [-0.05, 0) is 27.6 Å². The highest BCUT2D eigenvalue weighted by Gasteiger charge is 2.12. The van der Waals surface area contributed by atoms with Crippen molar-refractivity contribution in [1.82, 2.24) is 10.2 Å². The Hall–Kier alpha value is -1.54. The van der Waals surface area contributed by atoms with Crippen LogP contribution < -0.4 is 5.32 Å². The molecule has 0 aliphatic heterocycles. The lowest BCUT2D eigenvalue weighted by Crippen LogP contribution is -2.00. The van der Waals surface area contributed by atoms with E-state index in [4.69, 9.17) is 0 Å². The minimum Gasteiger partial charge on any atom is -0.356 e. The number of hydrogen-bond donors (Lipinski definition) is 1. The number of aromatic nitrogens is 2. The number of hydrogen-bond acceptors (Lipinski definition) is 6. The van der Waals surface area contributed by atoms with Gasteiger partial charge in [-0.2, -0.15) is 0 Å². The van der Waals surface area contributed by atoms with Gasteiger partial charge in [0.2, 0.25) is 5.13 Å². The number of nitro groups is 1. The van der Waals surface area contributed by atoms with Gasteiger partial charge in [0.1, 0.15) is 5.51 Å². The molecule has 0 atom stereocenters. The first kappa shape index (κ1) is 11.9. The molecular weight excluding hydrogens is 308 g/mol. The molecule has 0 aliphatic rings. The van der Waals surface area contributed by atoms with E-state index in [-0.39, 0.29) is 5.69 Å². The van der Waals surface area contributed by atoms with Gasteiger partial charge in [-0.25, -0.2) is 0 Å². The van der Waals surface area contributed by atoms with Crippen LogP contribution in [0.1, 0.15) is 5.56 Å². The van der Waals surface area contributed by atoms with Crippen LogP contribution in [0.4, 0.5) is 10.8 Å². The number of benzene rings is 1. The zero-order valence-corrected chi connectivity index (χ0v) is 10.9. The maximum atomic E-state index is 10.7. The molecule has 0 bridgehead atoms. The average Bonchev–Trinajstić information content (AvgIpc) is 2.80. The van der Waals surface area contributed by atoms with Crippen LogP contribution in [0.3, 0.4) is 0 Å². The molecule has 0 aliphatic carbocycles. The molecule has 2 aromatic rings. The van der Waals surface area contributed by atoms with Crippen molar-refractivity contribution >= 4 is 38.1 Å². The summed E-state index contributed by atoms with van der Waals surface area (Å²) in [5.41, 5.74) is 2.49. The summed E-state index contributed by atoms with van der Waals surface area (Å²) < 4.78 is 0.474. The SMILES string of the molecule is O=[N+]([O-])c1cc(CNc2nncs2)ccc1Br. The lowest BCUT2D eigenvalue weighted by atomic mass is 10.2. The van der Waals surface area contributed by atoms with Crippen molar-refractivity contribution < 1.29 is 4.92 Å². The molecule has 17 heavy (non-hydrogen) atoms. The summed E-state index contributed by atoms with van der Waals surface area (Å²) >= 11 is 4.52. The van der Waals surface area contributed by atoms with Crippen molar-refractivity contribution in [2.24, 2.45) is 0 Å². The van der Waals surface area contributed by atoms with Crippen LogP contribution in [0.25, 0.3) is 0 Å². The summed E-state index contributed by atoms with van der Waals surface area (Å²) in [7, 11) is 0. The molecule has 2 rings (SSSR count). The van der Waals surface area contributed by atoms with Gasteiger partial charge in [-0.3, -0.25) is 10.1 Å². The molecule has 1 aromatic carbocycles. The molecule has 0 amide bonds. The summed E-state index contributed by atoms with van der Waals surface area (Å²) in [5.74, 6) is 0. The lowest BCUT2D eigenvalue weighted by molar-refractivity contribution is -0.385. The third-order valence-corrected chi connectivity index (χ3v) is 3.33. The standard InChI is InChI=1S/C9H7BrN4O2S/c10-7-2-1-6(3-8(7)14(15)16)4-11-9-13-12-5-17-9/h1-3,5H,4H2,(H,11,13). The maximum Gasteiger partial charge on any atom is 0.283 e. The molecule has 88 valence electrons. The summed E-state index contributed by atoms with van der Waals surface area (Å²) in [6.45, 7) is 0.476. The van der Waals surface area contributed by atoms with Crippen LogP contribution in [0.15, 0.2) is 28.2 Å². The van der Waals surface area contributed by atoms with Gasteiger partial charge in [-0.1, -0.05) is 17.4 Å². The van der Waals surface area contributed by atoms with Gasteiger partial charge in [-0.15, -0.1) is 10.2 Å². The minimum atomic E-state index is -0.418. The highest BCUT2D eigenvalue weighted by molar-refractivity contribution is 9.10. The maximum absolute atomic E-state index is 10.7. The van der Waals surface area contributed by atoms with Crippen LogP contribution in [0, 0.1) is 10.1 Å². The quantitative estimate of drug-likeness (QED) is 0.693. The molecule has 0 radical (unpaired) electrons. The number of nitrogens with zero attached hydrogens (tertiary/aromatic N) is 3. The predicted octanol–water partition coefficient (Wildman–Crippen LogP) is 2.82. The summed E-state index contributed by atoms with van der Waals surface area (Å²) in [6.07, 6.45) is 0. The highest BCUT2D eigenvalue weighted by Crippen LogP contribution is 2.26. The van der Waals surface area contributed by atoms with E-state index in [0.717, 1.165) is 5.56 Å². The first-order valence-corrected chi connectivity index (χ1v) is 6.27. The molecule has 0 saturated heterocycles. The Labute approximate surface area is 109 Å². The van der Waals surface area contributed by atoms with E-state index in [1.165, 1.54) is 17.4 Å². The topological polar surface area (TPSA) is 81.0 Å². The minimum absolute atomic E-state index is 0.0570. The Balaban J connectivity index is 2.11. The van der Waals surface area contributed by atoms with E-state index in [0.29, 0.717) is 16.1 Å². The largest absolute Gasteiger partial charge is 0.356 e. The average molecular weight is 315 g/mol. The van der Waals surface area contributed by atoms with Gasteiger partial charge >= 0.3 is 0 Å². The normalized spacial score (nSPS) is 10.2. The lowest BCUT2D eigenvalue weighted by Gasteiger charge is -2.03. The monoisotopic (exact) mass is 314 g/mol. The van der Waals surface area contributed by atoms with E-state index in [2.05, 4.69) is 31.4 Å². The van der Waals surface area contributed by atoms with Gasteiger partial charge in [0.25, 0.3) is 5.69 Å². The van der Waals surface area contributed by atoms with E-state index in [1.807, 2.05) is 6.07 Å². The van der Waals surface area contributed by atoms with Gasteiger partial charge < -0.3 is 5.32 Å². The zero-order chi connectivity index (χ0) is 12.3. The van der Waals surface area contributed by atoms with Gasteiger partial charge in [0.05, 0.1) is 9.40 Å². The molecule has 8 heteroatoms. The predicted molar refractivity (Wildman–Crippen MR) is 68.0 cm³/mol. The molecule has 6 nitrogen and oxygen atoms in total. The van der Waals surface area contributed by atoms with E-state index in [1.54, 1.807) is 11.6 Å². The second kappa shape index (κ2) is 5.19. The summed E-state index contributed by atoms with van der Waals surface area (Å²) in [6, 6.07) is 5.00. The molecule has 0 fully saturated rings. The first-order valence-electron chi connectivity index (χ1n) is 4.59. The fourth-order valence-electron chi connectivity index (χ4n) is 1.24. The Morgan fingerprint density at radius 2 is 2.35 bits per heavy atom. The van der Waals surface area contributed by atoms with Gasteiger partial charge in [0, 0.05) is 12.6 Å². The van der Waals surface area contributed by atoms with E-state index >= 15 is 0 Å². The van der Waals surface area contributed by atoms with Crippen molar-refractivity contribution in [2.75, 3.05) is 5.32 Å². The van der Waals surface area contributed by atoms with Crippen molar-refractivity contribution in [3.63, 3.8) is 0 Å². The molecule has 1 aromatic heterocycles. The molecule has 1 heterocycles. The summed E-state index contributed by atoms with van der Waals surface area (Å²) in [4.78, 5) is 10.3. The van der Waals surface area contributed by atoms with Crippen LogP contribution in [0.5, 0.6) is 0 Å². The number of nitro benzene ring substituents is 1. The molecule has 0 spiro atoms. The number of halogens is 1. The van der Waals surface area contributed by atoms with Crippen molar-refractivity contribution in [2.45, 2.75) is 6.54 Å². The van der Waals surface area contributed by atoms with Crippen LogP contribution >= 0.6 is 27.3 Å². The van der Waals surface area contributed by atoms with Gasteiger partial charge in [0.15, 0.2) is 0 Å². The second-order valence-electron chi connectivity index (χ2n) is 3.14. The van der Waals surface area contributed by atoms with Crippen molar-refractivity contribution in [1.29, 1.82) is 0 Å². The Morgan fingerprint density at radius 1 is 1.53 bits per heavy atom. The number of anilines is 1. The van der Waals surface area contributed by atoms with Crippen LogP contribution in [0.2, 0.25) is 0 Å². The summed E-state index contributed by atoms with van der Waals surface area (Å²) in [5, 5.41) is 22.0.